The first-order valence-electron chi connectivity index (χ1n) is 6.84. The first-order valence-corrected chi connectivity index (χ1v) is 6.84. The van der Waals surface area contributed by atoms with Crippen LogP contribution >= 0.6 is 0 Å². The van der Waals surface area contributed by atoms with Crippen LogP contribution in [0.5, 0.6) is 0 Å². The van der Waals surface area contributed by atoms with Crippen LogP contribution in [0.25, 0.3) is 0 Å². The van der Waals surface area contributed by atoms with E-state index in [9.17, 15) is 9.59 Å². The van der Waals surface area contributed by atoms with Gasteiger partial charge in [0.1, 0.15) is 5.60 Å². The van der Waals surface area contributed by atoms with Crippen molar-refractivity contribution in [1.82, 2.24) is 15.5 Å². The van der Waals surface area contributed by atoms with E-state index in [4.69, 9.17) is 4.74 Å². The highest BCUT2D eigenvalue weighted by atomic mass is 16.6. The molecule has 0 aliphatic carbocycles. The minimum Gasteiger partial charge on any atom is -0.444 e. The van der Waals surface area contributed by atoms with Gasteiger partial charge in [0.15, 0.2) is 0 Å². The zero-order chi connectivity index (χ0) is 14.5. The maximum atomic E-state index is 11.6. The number of hydrogen-bond donors (Lipinski definition) is 2. The van der Waals surface area contributed by atoms with Gasteiger partial charge in [0.05, 0.1) is 0 Å². The van der Waals surface area contributed by atoms with E-state index < -0.39 is 5.60 Å². The fourth-order valence-corrected chi connectivity index (χ4v) is 1.96. The molecule has 0 spiro atoms. The van der Waals surface area contributed by atoms with Gasteiger partial charge in [-0.1, -0.05) is 0 Å². The van der Waals surface area contributed by atoms with Gasteiger partial charge in [0.25, 0.3) is 0 Å². The van der Waals surface area contributed by atoms with Crippen LogP contribution in [0.4, 0.5) is 9.59 Å². The summed E-state index contributed by atoms with van der Waals surface area (Å²) in [6.07, 6.45) is 1.14. The lowest BCUT2D eigenvalue weighted by atomic mass is 10.1. The van der Waals surface area contributed by atoms with E-state index in [2.05, 4.69) is 10.6 Å². The fourth-order valence-electron chi connectivity index (χ4n) is 1.96. The number of urea groups is 1. The van der Waals surface area contributed by atoms with E-state index in [1.165, 1.54) is 0 Å². The van der Waals surface area contributed by atoms with Gasteiger partial charge in [-0.15, -0.1) is 0 Å². The summed E-state index contributed by atoms with van der Waals surface area (Å²) in [6, 6.07) is 0.0544. The lowest BCUT2D eigenvalue weighted by Crippen LogP contribution is -2.50. The van der Waals surface area contributed by atoms with Gasteiger partial charge in [0, 0.05) is 25.7 Å². The van der Waals surface area contributed by atoms with E-state index in [0.717, 1.165) is 12.8 Å². The van der Waals surface area contributed by atoms with Crippen molar-refractivity contribution in [2.45, 2.75) is 52.2 Å². The lowest BCUT2D eigenvalue weighted by Gasteiger charge is -2.32. The molecule has 0 aromatic carbocycles. The highest BCUT2D eigenvalue weighted by Gasteiger charge is 2.25. The average molecular weight is 271 g/mol. The highest BCUT2D eigenvalue weighted by molar-refractivity contribution is 5.74. The molecule has 0 unspecified atom stereocenters. The topological polar surface area (TPSA) is 70.7 Å². The molecular formula is C13H25N3O3. The fraction of sp³-hybridized carbons (Fsp3) is 0.846. The molecule has 6 heteroatoms. The molecular weight excluding hydrogens is 246 g/mol. The normalized spacial score (nSPS) is 16.9. The predicted octanol–water partition coefficient (Wildman–Crippen LogP) is 1.70. The summed E-state index contributed by atoms with van der Waals surface area (Å²) in [5.41, 5.74) is -0.480. The van der Waals surface area contributed by atoms with Crippen LogP contribution in [0.15, 0.2) is 0 Å². The third-order valence-electron chi connectivity index (χ3n) is 2.83. The lowest BCUT2D eigenvalue weighted by molar-refractivity contribution is 0.0485. The third-order valence-corrected chi connectivity index (χ3v) is 2.83. The van der Waals surface area contributed by atoms with Gasteiger partial charge in [-0.05, 0) is 40.5 Å². The molecule has 1 aliphatic heterocycles. The summed E-state index contributed by atoms with van der Waals surface area (Å²) in [4.78, 5) is 25.0. The van der Waals surface area contributed by atoms with Gasteiger partial charge in [0.2, 0.25) is 0 Å². The van der Waals surface area contributed by atoms with E-state index in [-0.39, 0.29) is 18.2 Å². The second-order valence-electron chi connectivity index (χ2n) is 5.74. The Bertz CT molecular complexity index is 318. The molecule has 1 aliphatic rings. The molecule has 0 aromatic rings. The summed E-state index contributed by atoms with van der Waals surface area (Å²) in [5.74, 6) is 0. The van der Waals surface area contributed by atoms with Gasteiger partial charge in [-0.3, -0.25) is 0 Å². The third kappa shape index (κ3) is 5.81. The molecule has 3 amide bonds. The summed E-state index contributed by atoms with van der Waals surface area (Å²) < 4.78 is 5.21. The van der Waals surface area contributed by atoms with Crippen LogP contribution in [0.1, 0.15) is 40.5 Å². The van der Waals surface area contributed by atoms with Crippen molar-refractivity contribution >= 4 is 12.1 Å². The van der Waals surface area contributed by atoms with Gasteiger partial charge < -0.3 is 20.3 Å². The van der Waals surface area contributed by atoms with Crippen molar-refractivity contribution in [3.8, 4) is 0 Å². The summed E-state index contributed by atoms with van der Waals surface area (Å²) in [5, 5.41) is 5.62. The van der Waals surface area contributed by atoms with Crippen molar-refractivity contribution < 1.29 is 14.3 Å². The molecule has 1 rings (SSSR count). The number of alkyl carbamates (subject to hydrolysis) is 1. The average Bonchev–Trinajstić information content (AvgIpc) is 2.27. The number of hydrogen-bond acceptors (Lipinski definition) is 3. The van der Waals surface area contributed by atoms with Gasteiger partial charge in [-0.2, -0.15) is 0 Å². The smallest absolute Gasteiger partial charge is 0.407 e. The van der Waals surface area contributed by atoms with E-state index in [1.54, 1.807) is 4.90 Å². The maximum Gasteiger partial charge on any atom is 0.407 e. The molecule has 0 aromatic heterocycles. The van der Waals surface area contributed by atoms with E-state index in [1.807, 2.05) is 27.7 Å². The van der Waals surface area contributed by atoms with Gasteiger partial charge in [-0.25, -0.2) is 9.59 Å². The zero-order valence-corrected chi connectivity index (χ0v) is 12.3. The number of ether oxygens (including phenoxy) is 1. The second-order valence-corrected chi connectivity index (χ2v) is 5.74. The molecule has 2 N–H and O–H groups in total. The van der Waals surface area contributed by atoms with Crippen LogP contribution in [0, 0.1) is 0 Å². The Morgan fingerprint density at radius 1 is 1.26 bits per heavy atom. The number of likely N-dealkylation sites (tertiary alicyclic amines) is 1. The molecule has 0 radical (unpaired) electrons. The largest absolute Gasteiger partial charge is 0.444 e. The van der Waals surface area contributed by atoms with E-state index in [0.29, 0.717) is 19.6 Å². The minimum absolute atomic E-state index is 0.0294. The highest BCUT2D eigenvalue weighted by Crippen LogP contribution is 2.12. The van der Waals surface area contributed by atoms with Crippen LogP contribution in [0.3, 0.4) is 0 Å². The monoisotopic (exact) mass is 271 g/mol. The Kier molecular flexibility index (Phi) is 5.44. The van der Waals surface area contributed by atoms with Crippen LogP contribution < -0.4 is 10.6 Å². The molecule has 0 saturated carbocycles. The number of amides is 3. The summed E-state index contributed by atoms with van der Waals surface area (Å²) in [7, 11) is 0. The SMILES string of the molecule is CCNC(=O)N1CCC(NC(=O)OC(C)(C)C)CC1. The number of nitrogens with zero attached hydrogens (tertiary/aromatic N) is 1. The number of piperidine rings is 1. The van der Waals surface area contributed by atoms with Crippen molar-refractivity contribution in [2.75, 3.05) is 19.6 Å². The maximum absolute atomic E-state index is 11.6. The van der Waals surface area contributed by atoms with Crippen LogP contribution in [0.2, 0.25) is 0 Å². The minimum atomic E-state index is -0.480. The van der Waals surface area contributed by atoms with Crippen LogP contribution in [-0.2, 0) is 4.74 Å². The van der Waals surface area contributed by atoms with Crippen molar-refractivity contribution in [3.63, 3.8) is 0 Å². The first-order chi connectivity index (χ1) is 8.81. The number of nitrogens with one attached hydrogen (secondary N) is 2. The molecule has 1 heterocycles. The Morgan fingerprint density at radius 2 is 1.84 bits per heavy atom. The van der Waals surface area contributed by atoms with Gasteiger partial charge >= 0.3 is 12.1 Å². The first kappa shape index (κ1) is 15.6. The number of carbonyl (C=O) groups excluding carboxylic acids is 2. The summed E-state index contributed by atoms with van der Waals surface area (Å²) in [6.45, 7) is 9.36. The molecule has 1 fully saturated rings. The quantitative estimate of drug-likeness (QED) is 0.803. The van der Waals surface area contributed by atoms with Crippen molar-refractivity contribution in [1.29, 1.82) is 0 Å². The Morgan fingerprint density at radius 3 is 2.32 bits per heavy atom. The zero-order valence-electron chi connectivity index (χ0n) is 12.3. The molecule has 6 nitrogen and oxygen atoms in total. The standard InChI is InChI=1S/C13H25N3O3/c1-5-14-11(17)16-8-6-10(7-9-16)15-12(18)19-13(2,3)4/h10H,5-9H2,1-4H3,(H,14,17)(H,15,18). The van der Waals surface area contributed by atoms with Crippen LogP contribution in [-0.4, -0.2) is 48.3 Å². The second kappa shape index (κ2) is 6.63. The molecule has 19 heavy (non-hydrogen) atoms. The molecule has 0 bridgehead atoms. The Balaban J connectivity index is 2.30. The number of carbonyl (C=O) groups is 2. The van der Waals surface area contributed by atoms with E-state index >= 15 is 0 Å². The molecule has 0 atom stereocenters. The van der Waals surface area contributed by atoms with Crippen molar-refractivity contribution in [3.05, 3.63) is 0 Å². The number of rotatable bonds is 2. The Hall–Kier alpha value is -1.46. The van der Waals surface area contributed by atoms with Crippen molar-refractivity contribution in [2.24, 2.45) is 0 Å². The molecule has 110 valence electrons. The predicted molar refractivity (Wildman–Crippen MR) is 73.0 cm³/mol. The molecule has 1 saturated heterocycles. The Labute approximate surface area is 114 Å². The summed E-state index contributed by atoms with van der Waals surface area (Å²) >= 11 is 0.